The maximum absolute atomic E-state index is 12.9. The van der Waals surface area contributed by atoms with Crippen molar-refractivity contribution >= 4 is 22.8 Å². The predicted molar refractivity (Wildman–Crippen MR) is 143 cm³/mol. The molecule has 1 amide bonds. The SMILES string of the molecule is CCCN1CCC(Cc2ccc3[nH]cc(C(C)(CCC)c4ccc(C(=O)OC)cc4OC)c3c2)C1=O. The number of benzene rings is 2. The molecule has 1 aliphatic rings. The first-order chi connectivity index (χ1) is 17.4. The van der Waals surface area contributed by atoms with E-state index in [-0.39, 0.29) is 23.2 Å². The van der Waals surface area contributed by atoms with E-state index >= 15 is 0 Å². The molecule has 6 nitrogen and oxygen atoms in total. The minimum Gasteiger partial charge on any atom is -0.496 e. The summed E-state index contributed by atoms with van der Waals surface area (Å²) >= 11 is 0. The zero-order valence-corrected chi connectivity index (χ0v) is 22.1. The van der Waals surface area contributed by atoms with E-state index in [4.69, 9.17) is 9.47 Å². The van der Waals surface area contributed by atoms with Crippen molar-refractivity contribution in [1.82, 2.24) is 9.88 Å². The largest absolute Gasteiger partial charge is 0.496 e. The molecule has 192 valence electrons. The van der Waals surface area contributed by atoms with E-state index in [1.165, 1.54) is 23.6 Å². The first kappa shape index (κ1) is 25.8. The molecule has 1 N–H and O–H groups in total. The normalized spacial score (nSPS) is 17.4. The Labute approximate surface area is 214 Å². The van der Waals surface area contributed by atoms with Gasteiger partial charge in [0.2, 0.25) is 5.91 Å². The Hall–Kier alpha value is -3.28. The molecule has 0 aliphatic carbocycles. The highest BCUT2D eigenvalue weighted by molar-refractivity contribution is 5.90. The molecule has 1 fully saturated rings. The fraction of sp³-hybridized carbons (Fsp3) is 0.467. The molecule has 0 spiro atoms. The van der Waals surface area contributed by atoms with Crippen molar-refractivity contribution in [3.05, 3.63) is 64.8 Å². The lowest BCUT2D eigenvalue weighted by molar-refractivity contribution is -0.130. The number of esters is 1. The third kappa shape index (κ3) is 4.73. The van der Waals surface area contributed by atoms with Crippen molar-refractivity contribution in [2.24, 2.45) is 5.92 Å². The summed E-state index contributed by atoms with van der Waals surface area (Å²) in [6.45, 7) is 8.26. The van der Waals surface area contributed by atoms with Crippen molar-refractivity contribution in [2.45, 2.75) is 58.3 Å². The average molecular weight is 491 g/mol. The lowest BCUT2D eigenvalue weighted by Crippen LogP contribution is -2.28. The zero-order chi connectivity index (χ0) is 25.9. The van der Waals surface area contributed by atoms with E-state index in [1.807, 2.05) is 17.0 Å². The Kier molecular flexibility index (Phi) is 7.72. The summed E-state index contributed by atoms with van der Waals surface area (Å²) in [7, 11) is 3.02. The van der Waals surface area contributed by atoms with Gasteiger partial charge in [-0.25, -0.2) is 4.79 Å². The van der Waals surface area contributed by atoms with Crippen LogP contribution in [0.5, 0.6) is 5.75 Å². The number of carbonyl (C=O) groups is 2. The molecule has 2 heterocycles. The molecule has 4 rings (SSSR count). The third-order valence-electron chi connectivity index (χ3n) is 7.69. The number of hydrogen-bond donors (Lipinski definition) is 1. The minimum absolute atomic E-state index is 0.0596. The van der Waals surface area contributed by atoms with E-state index in [0.717, 1.165) is 56.3 Å². The van der Waals surface area contributed by atoms with Gasteiger partial charge in [-0.3, -0.25) is 4.79 Å². The monoisotopic (exact) mass is 490 g/mol. The van der Waals surface area contributed by atoms with Crippen molar-refractivity contribution < 1.29 is 19.1 Å². The molecule has 1 saturated heterocycles. The summed E-state index contributed by atoms with van der Waals surface area (Å²) in [6.07, 6.45) is 6.67. The molecule has 0 saturated carbocycles. The number of H-pyrrole nitrogens is 1. The number of carbonyl (C=O) groups excluding carboxylic acids is 2. The molecular formula is C30H38N2O4. The quantitative estimate of drug-likeness (QED) is 0.361. The second-order valence-electron chi connectivity index (χ2n) is 10.1. The number of amides is 1. The lowest BCUT2D eigenvalue weighted by Gasteiger charge is -2.32. The van der Waals surface area contributed by atoms with Gasteiger partial charge in [-0.05, 0) is 61.1 Å². The van der Waals surface area contributed by atoms with Gasteiger partial charge >= 0.3 is 5.97 Å². The van der Waals surface area contributed by atoms with E-state index in [0.29, 0.717) is 11.3 Å². The van der Waals surface area contributed by atoms with Gasteiger partial charge in [-0.2, -0.15) is 0 Å². The van der Waals surface area contributed by atoms with Gasteiger partial charge in [0.05, 0.1) is 19.8 Å². The number of rotatable bonds is 10. The van der Waals surface area contributed by atoms with Crippen LogP contribution in [0.25, 0.3) is 10.9 Å². The topological polar surface area (TPSA) is 71.6 Å². The van der Waals surface area contributed by atoms with Crippen molar-refractivity contribution in [1.29, 1.82) is 0 Å². The van der Waals surface area contributed by atoms with Crippen LogP contribution in [-0.4, -0.2) is 49.1 Å². The molecule has 0 radical (unpaired) electrons. The highest BCUT2D eigenvalue weighted by atomic mass is 16.5. The molecule has 36 heavy (non-hydrogen) atoms. The Morgan fingerprint density at radius 1 is 1.11 bits per heavy atom. The molecule has 3 aromatic rings. The smallest absolute Gasteiger partial charge is 0.337 e. The molecule has 1 aromatic heterocycles. The van der Waals surface area contributed by atoms with Crippen LogP contribution < -0.4 is 4.74 Å². The van der Waals surface area contributed by atoms with Crippen molar-refractivity contribution in [2.75, 3.05) is 27.3 Å². The molecule has 2 unspecified atom stereocenters. The number of ether oxygens (including phenoxy) is 2. The fourth-order valence-corrected chi connectivity index (χ4v) is 5.83. The van der Waals surface area contributed by atoms with Gasteiger partial charge in [0.1, 0.15) is 5.75 Å². The highest BCUT2D eigenvalue weighted by Crippen LogP contribution is 2.44. The third-order valence-corrected chi connectivity index (χ3v) is 7.69. The second kappa shape index (κ2) is 10.8. The van der Waals surface area contributed by atoms with Crippen LogP contribution >= 0.6 is 0 Å². The summed E-state index contributed by atoms with van der Waals surface area (Å²) in [5.41, 5.74) is 4.62. The summed E-state index contributed by atoms with van der Waals surface area (Å²) < 4.78 is 10.7. The van der Waals surface area contributed by atoms with Gasteiger partial charge in [0, 0.05) is 47.1 Å². The first-order valence-electron chi connectivity index (χ1n) is 13.0. The number of nitrogens with one attached hydrogen (secondary N) is 1. The van der Waals surface area contributed by atoms with E-state index in [2.05, 4.69) is 50.2 Å². The number of nitrogens with zero attached hydrogens (tertiary/aromatic N) is 1. The van der Waals surface area contributed by atoms with Crippen LogP contribution in [-0.2, 0) is 21.4 Å². The van der Waals surface area contributed by atoms with Crippen LogP contribution in [0.4, 0.5) is 0 Å². The molecule has 2 aromatic carbocycles. The molecule has 0 bridgehead atoms. The van der Waals surface area contributed by atoms with Crippen molar-refractivity contribution in [3.63, 3.8) is 0 Å². The summed E-state index contributed by atoms with van der Waals surface area (Å²) in [6, 6.07) is 12.1. The standard InChI is InChI=1S/C30H38N2O4/c1-6-13-30(3,24-10-9-22(29(34)36-5)18-27(24)35-4)25-19-31-26-11-8-20(17-23(25)26)16-21-12-15-32(14-7-2)28(21)33/h8-11,17-19,21,31H,6-7,12-16H2,1-5H3. The Morgan fingerprint density at radius 2 is 1.92 bits per heavy atom. The van der Waals surface area contributed by atoms with E-state index < -0.39 is 0 Å². The number of likely N-dealkylation sites (tertiary alicyclic amines) is 1. The summed E-state index contributed by atoms with van der Waals surface area (Å²) in [4.78, 5) is 30.4. The lowest BCUT2D eigenvalue weighted by atomic mass is 9.72. The average Bonchev–Trinajstić information content (AvgIpc) is 3.47. The fourth-order valence-electron chi connectivity index (χ4n) is 5.83. The van der Waals surface area contributed by atoms with Crippen molar-refractivity contribution in [3.8, 4) is 5.75 Å². The first-order valence-corrected chi connectivity index (χ1v) is 13.0. The van der Waals surface area contributed by atoms with Crippen LogP contribution in [0.1, 0.15) is 73.5 Å². The second-order valence-corrected chi connectivity index (χ2v) is 10.1. The van der Waals surface area contributed by atoms with Gasteiger partial charge in [-0.15, -0.1) is 0 Å². The summed E-state index contributed by atoms with van der Waals surface area (Å²) in [5, 5.41) is 1.17. The van der Waals surface area contributed by atoms with Gasteiger partial charge in [0.25, 0.3) is 0 Å². The number of aromatic amines is 1. The van der Waals surface area contributed by atoms with Crippen LogP contribution in [0.15, 0.2) is 42.6 Å². The molecule has 6 heteroatoms. The van der Waals surface area contributed by atoms with Gasteiger partial charge in [0.15, 0.2) is 0 Å². The maximum atomic E-state index is 12.9. The highest BCUT2D eigenvalue weighted by Gasteiger charge is 2.35. The molecule has 2 atom stereocenters. The van der Waals surface area contributed by atoms with Crippen LogP contribution in [0.2, 0.25) is 0 Å². The maximum Gasteiger partial charge on any atom is 0.337 e. The Balaban J connectivity index is 1.73. The Morgan fingerprint density at radius 3 is 2.61 bits per heavy atom. The van der Waals surface area contributed by atoms with Gasteiger partial charge in [-0.1, -0.05) is 39.3 Å². The van der Waals surface area contributed by atoms with E-state index in [9.17, 15) is 9.59 Å². The van der Waals surface area contributed by atoms with E-state index in [1.54, 1.807) is 13.2 Å². The number of methoxy groups -OCH3 is 2. The number of aromatic nitrogens is 1. The Bertz CT molecular complexity index is 1250. The van der Waals surface area contributed by atoms with Crippen LogP contribution in [0.3, 0.4) is 0 Å². The number of fused-ring (bicyclic) bond motifs is 1. The molecule has 1 aliphatic heterocycles. The van der Waals surface area contributed by atoms with Gasteiger partial charge < -0.3 is 19.4 Å². The summed E-state index contributed by atoms with van der Waals surface area (Å²) in [5.74, 6) is 0.640. The predicted octanol–water partition coefficient (Wildman–Crippen LogP) is 5.87. The molecular weight excluding hydrogens is 452 g/mol. The number of hydrogen-bond acceptors (Lipinski definition) is 4. The minimum atomic E-state index is -0.382. The van der Waals surface area contributed by atoms with Crippen LogP contribution in [0, 0.1) is 5.92 Å². The zero-order valence-electron chi connectivity index (χ0n) is 22.1.